The van der Waals surface area contributed by atoms with Crippen molar-refractivity contribution in [2.75, 3.05) is 18.5 Å². The van der Waals surface area contributed by atoms with E-state index in [4.69, 9.17) is 14.6 Å². The third-order valence-electron chi connectivity index (χ3n) is 5.31. The van der Waals surface area contributed by atoms with Gasteiger partial charge in [0.15, 0.2) is 0 Å². The quantitative estimate of drug-likeness (QED) is 0.272. The zero-order valence-corrected chi connectivity index (χ0v) is 18.9. The highest BCUT2D eigenvalue weighted by molar-refractivity contribution is 6.01. The van der Waals surface area contributed by atoms with E-state index in [9.17, 15) is 14.7 Å². The summed E-state index contributed by atoms with van der Waals surface area (Å²) in [6.45, 7) is 0.570. The van der Waals surface area contributed by atoms with Crippen molar-refractivity contribution >= 4 is 28.3 Å². The number of carbonyl (C=O) groups is 2. The van der Waals surface area contributed by atoms with Crippen LogP contribution in [0.25, 0.3) is 10.8 Å². The van der Waals surface area contributed by atoms with Crippen LogP contribution in [0.15, 0.2) is 84.9 Å². The van der Waals surface area contributed by atoms with Crippen LogP contribution in [0, 0.1) is 0 Å². The van der Waals surface area contributed by atoms with Crippen molar-refractivity contribution in [2.45, 2.75) is 12.8 Å². The third-order valence-corrected chi connectivity index (χ3v) is 5.31. The number of carboxylic acid groups (broad SMARTS) is 1. The van der Waals surface area contributed by atoms with Gasteiger partial charge in [-0.05, 0) is 64.9 Å². The monoisotopic (exact) mass is 471 g/mol. The van der Waals surface area contributed by atoms with Crippen LogP contribution in [0.5, 0.6) is 17.2 Å². The van der Waals surface area contributed by atoms with E-state index >= 15 is 0 Å². The molecule has 178 valence electrons. The smallest absolute Gasteiger partial charge is 0.337 e. The van der Waals surface area contributed by atoms with Crippen molar-refractivity contribution in [3.8, 4) is 17.2 Å². The van der Waals surface area contributed by atoms with E-state index in [1.165, 1.54) is 6.07 Å². The number of carbonyl (C=O) groups excluding carboxylic acids is 1. The molecule has 7 nitrogen and oxygen atoms in total. The summed E-state index contributed by atoms with van der Waals surface area (Å²) in [7, 11) is 0. The van der Waals surface area contributed by atoms with Crippen molar-refractivity contribution in [3.63, 3.8) is 0 Å². The van der Waals surface area contributed by atoms with Crippen molar-refractivity contribution in [1.82, 2.24) is 0 Å². The van der Waals surface area contributed by atoms with E-state index < -0.39 is 5.97 Å². The van der Waals surface area contributed by atoms with E-state index in [1.807, 2.05) is 36.4 Å². The Morgan fingerprint density at radius 3 is 2.17 bits per heavy atom. The maximum Gasteiger partial charge on any atom is 0.337 e. The lowest BCUT2D eigenvalue weighted by Gasteiger charge is -2.10. The highest BCUT2D eigenvalue weighted by Gasteiger charge is 2.12. The molecule has 0 aliphatic carbocycles. The Hall–Kier alpha value is -4.36. The molecule has 35 heavy (non-hydrogen) atoms. The van der Waals surface area contributed by atoms with Gasteiger partial charge in [-0.25, -0.2) is 4.79 Å². The fourth-order valence-electron chi connectivity index (χ4n) is 3.58. The lowest BCUT2D eigenvalue weighted by molar-refractivity contribution is -0.115. The number of benzene rings is 4. The lowest BCUT2D eigenvalue weighted by Crippen LogP contribution is -2.16. The lowest BCUT2D eigenvalue weighted by atomic mass is 10.1. The van der Waals surface area contributed by atoms with Gasteiger partial charge in [0.05, 0.1) is 24.3 Å². The van der Waals surface area contributed by atoms with Gasteiger partial charge in [0.2, 0.25) is 5.91 Å². The van der Waals surface area contributed by atoms with Gasteiger partial charge in [0.1, 0.15) is 17.2 Å². The summed E-state index contributed by atoms with van der Waals surface area (Å²) in [5.41, 5.74) is 1.09. The minimum Gasteiger partial charge on any atom is -0.493 e. The molecule has 0 aliphatic rings. The average Bonchev–Trinajstić information content (AvgIpc) is 2.85. The molecule has 0 aromatic heterocycles. The van der Waals surface area contributed by atoms with Crippen molar-refractivity contribution in [3.05, 3.63) is 96.1 Å². The molecule has 0 unspecified atom stereocenters. The highest BCUT2D eigenvalue weighted by Crippen LogP contribution is 2.28. The number of rotatable bonds is 10. The molecule has 4 rings (SSSR count). The molecule has 4 aromatic rings. The van der Waals surface area contributed by atoms with Gasteiger partial charge in [-0.2, -0.15) is 0 Å². The summed E-state index contributed by atoms with van der Waals surface area (Å²) < 4.78 is 11.6. The van der Waals surface area contributed by atoms with Crippen molar-refractivity contribution in [2.24, 2.45) is 0 Å². The normalized spacial score (nSPS) is 10.7. The molecule has 0 radical (unpaired) electrons. The number of anilines is 1. The van der Waals surface area contributed by atoms with E-state index in [0.717, 1.165) is 22.1 Å². The van der Waals surface area contributed by atoms with Gasteiger partial charge >= 0.3 is 5.97 Å². The molecule has 0 saturated carbocycles. The van der Waals surface area contributed by atoms with Crippen molar-refractivity contribution < 1.29 is 29.3 Å². The molecule has 0 spiro atoms. The van der Waals surface area contributed by atoms with Crippen LogP contribution in [-0.4, -0.2) is 35.3 Å². The molecule has 0 saturated heterocycles. The van der Waals surface area contributed by atoms with Crippen LogP contribution in [0.4, 0.5) is 5.69 Å². The second-order valence-corrected chi connectivity index (χ2v) is 7.92. The first-order valence-corrected chi connectivity index (χ1v) is 11.2. The Kier molecular flexibility index (Phi) is 7.60. The van der Waals surface area contributed by atoms with E-state index in [2.05, 4.69) is 5.32 Å². The molecule has 3 N–H and O–H groups in total. The number of aliphatic hydroxyl groups excluding tert-OH is 1. The highest BCUT2D eigenvalue weighted by atomic mass is 16.5. The maximum atomic E-state index is 12.4. The van der Waals surface area contributed by atoms with Gasteiger partial charge in [0.25, 0.3) is 0 Å². The molecule has 4 aromatic carbocycles. The number of carboxylic acids is 1. The Balaban J connectivity index is 1.37. The number of aromatic carboxylic acids is 1. The number of hydrogen-bond acceptors (Lipinski definition) is 5. The summed E-state index contributed by atoms with van der Waals surface area (Å²) in [5.74, 6) is 0.672. The first-order valence-electron chi connectivity index (χ1n) is 11.2. The third kappa shape index (κ3) is 6.37. The number of nitrogens with one attached hydrogen (secondary N) is 1. The molecule has 0 aliphatic heterocycles. The minimum absolute atomic E-state index is 0.0467. The zero-order valence-electron chi connectivity index (χ0n) is 18.9. The molecular weight excluding hydrogens is 446 g/mol. The van der Waals surface area contributed by atoms with Gasteiger partial charge in [0, 0.05) is 13.0 Å². The molecule has 0 fully saturated rings. The molecule has 0 heterocycles. The van der Waals surface area contributed by atoms with Crippen LogP contribution in [0.3, 0.4) is 0 Å². The summed E-state index contributed by atoms with van der Waals surface area (Å²) >= 11 is 0. The number of fused-ring (bicyclic) bond motifs is 1. The summed E-state index contributed by atoms with van der Waals surface area (Å²) in [6.07, 6.45) is 0.694. The molecule has 0 bridgehead atoms. The molecule has 7 heteroatoms. The van der Waals surface area contributed by atoms with Crippen LogP contribution in [-0.2, 0) is 11.2 Å². The summed E-state index contributed by atoms with van der Waals surface area (Å²) in [4.78, 5) is 23.7. The Labute approximate surface area is 202 Å². The van der Waals surface area contributed by atoms with E-state index in [0.29, 0.717) is 24.5 Å². The molecular formula is C28H25NO6. The standard InChI is InChI=1S/C28H25NO6/c30-14-3-15-34-23-12-8-21-18-24(13-9-20(21)17-23)35-22-10-6-19(7-11-22)16-27(31)29-26-5-2-1-4-25(26)28(32)33/h1-2,4-13,17-18,30H,3,14-16H2,(H,29,31)(H,32,33). The van der Waals surface area contributed by atoms with E-state index in [-0.39, 0.29) is 30.2 Å². The van der Waals surface area contributed by atoms with Gasteiger partial charge in [-0.1, -0.05) is 36.4 Å². The SMILES string of the molecule is O=C(Cc1ccc(Oc2ccc3cc(OCCCO)ccc3c2)cc1)Nc1ccccc1C(=O)O. The fraction of sp³-hybridized carbons (Fsp3) is 0.143. The summed E-state index contributed by atoms with van der Waals surface area (Å²) in [6, 6.07) is 25.0. The second kappa shape index (κ2) is 11.2. The number of aliphatic hydroxyl groups is 1. The Morgan fingerprint density at radius 1 is 0.800 bits per heavy atom. The second-order valence-electron chi connectivity index (χ2n) is 7.92. The van der Waals surface area contributed by atoms with Gasteiger partial charge in [-0.3, -0.25) is 4.79 Å². The topological polar surface area (TPSA) is 105 Å². The fourth-order valence-corrected chi connectivity index (χ4v) is 3.58. The van der Waals surface area contributed by atoms with Crippen LogP contribution in [0.1, 0.15) is 22.3 Å². The number of amides is 1. The predicted molar refractivity (Wildman–Crippen MR) is 133 cm³/mol. The van der Waals surface area contributed by atoms with Crippen molar-refractivity contribution in [1.29, 1.82) is 0 Å². The Bertz CT molecular complexity index is 1330. The number of ether oxygens (including phenoxy) is 2. The average molecular weight is 472 g/mol. The summed E-state index contributed by atoms with van der Waals surface area (Å²) in [5, 5.41) is 22.8. The number of hydrogen-bond donors (Lipinski definition) is 3. The molecule has 1 amide bonds. The predicted octanol–water partition coefficient (Wildman–Crippen LogP) is 5.27. The van der Waals surface area contributed by atoms with Crippen LogP contribution < -0.4 is 14.8 Å². The van der Waals surface area contributed by atoms with E-state index in [1.54, 1.807) is 42.5 Å². The largest absolute Gasteiger partial charge is 0.493 e. The van der Waals surface area contributed by atoms with Crippen LogP contribution >= 0.6 is 0 Å². The zero-order chi connectivity index (χ0) is 24.6. The van der Waals surface area contributed by atoms with Gasteiger partial charge in [-0.15, -0.1) is 0 Å². The van der Waals surface area contributed by atoms with Crippen LogP contribution in [0.2, 0.25) is 0 Å². The van der Waals surface area contributed by atoms with Gasteiger partial charge < -0.3 is 25.0 Å². The molecule has 0 atom stereocenters. The number of para-hydroxylation sites is 1. The maximum absolute atomic E-state index is 12.4. The minimum atomic E-state index is -1.09. The first-order chi connectivity index (χ1) is 17.0. The Morgan fingerprint density at radius 2 is 1.46 bits per heavy atom. The first kappa shape index (κ1) is 23.8.